The van der Waals surface area contributed by atoms with Crippen molar-refractivity contribution in [3.63, 3.8) is 0 Å². The molecule has 1 unspecified atom stereocenters. The third-order valence-corrected chi connectivity index (χ3v) is 9.15. The van der Waals surface area contributed by atoms with E-state index in [0.29, 0.717) is 15.8 Å². The zero-order valence-corrected chi connectivity index (χ0v) is 21.2. The summed E-state index contributed by atoms with van der Waals surface area (Å²) in [5.74, 6) is -2.47. The molecule has 0 radical (unpaired) electrons. The molecule has 0 fully saturated rings. The van der Waals surface area contributed by atoms with Crippen molar-refractivity contribution in [1.82, 2.24) is 15.3 Å². The quantitative estimate of drug-likeness (QED) is 0.405. The molecule has 184 valence electrons. The zero-order valence-electron chi connectivity index (χ0n) is 18.8. The Morgan fingerprint density at radius 3 is 2.50 bits per heavy atom. The van der Waals surface area contributed by atoms with Crippen molar-refractivity contribution in [2.75, 3.05) is 18.1 Å². The third-order valence-electron chi connectivity index (χ3n) is 4.86. The first-order valence-electron chi connectivity index (χ1n) is 10.3. The van der Waals surface area contributed by atoms with Crippen LogP contribution in [0.25, 0.3) is 21.3 Å². The molecule has 2 heterocycles. The van der Waals surface area contributed by atoms with Gasteiger partial charge in [0.1, 0.15) is 5.01 Å². The van der Waals surface area contributed by atoms with Crippen molar-refractivity contribution < 1.29 is 26.0 Å². The van der Waals surface area contributed by atoms with Gasteiger partial charge in [0.25, 0.3) is 0 Å². The second-order valence-electron chi connectivity index (χ2n) is 8.32. The van der Waals surface area contributed by atoms with E-state index in [4.69, 9.17) is 5.14 Å². The van der Waals surface area contributed by atoms with E-state index in [9.17, 15) is 26.0 Å². The monoisotopic (exact) mass is 528 g/mol. The van der Waals surface area contributed by atoms with Gasteiger partial charge in [0.2, 0.25) is 21.9 Å². The van der Waals surface area contributed by atoms with Crippen LogP contribution in [0.2, 0.25) is 0 Å². The molecule has 1 atom stereocenters. The fraction of sp³-hybridized carbons (Fsp3) is 0.381. The Hall–Kier alpha value is -2.48. The van der Waals surface area contributed by atoms with Gasteiger partial charge in [0.15, 0.2) is 15.1 Å². The van der Waals surface area contributed by atoms with Crippen LogP contribution in [0, 0.1) is 18.8 Å². The molecule has 1 amide bonds. The molecular weight excluding hydrogens is 503 g/mol. The average Bonchev–Trinajstić information content (AvgIpc) is 3.07. The summed E-state index contributed by atoms with van der Waals surface area (Å²) in [5, 5.41) is 5.81. The van der Waals surface area contributed by atoms with Gasteiger partial charge in [-0.15, -0.1) is 11.3 Å². The highest BCUT2D eigenvalue weighted by molar-refractivity contribution is 7.92. The van der Waals surface area contributed by atoms with Gasteiger partial charge in [0, 0.05) is 18.3 Å². The standard InChI is InChI=1S/C21H25FN4O5S3/c1-12(2)11-33(28,29)19(20(27)24-6-7-34(23,30)31)21-26-16-8-13(3)15(9-17(16)32-21)14-4-5-18(22)25-10-14/h4-5,8-10,12,19H,6-7,11H2,1-3H3,(H,24,27)(H2,23,30,31). The molecule has 1 aromatic carbocycles. The number of primary sulfonamides is 1. The van der Waals surface area contributed by atoms with E-state index in [1.165, 1.54) is 12.3 Å². The number of amides is 1. The number of fused-ring (bicyclic) bond motifs is 1. The van der Waals surface area contributed by atoms with Crippen molar-refractivity contribution >= 4 is 47.3 Å². The van der Waals surface area contributed by atoms with E-state index in [-0.39, 0.29) is 23.2 Å². The molecule has 0 spiro atoms. The molecule has 3 N–H and O–H groups in total. The fourth-order valence-electron chi connectivity index (χ4n) is 3.45. The number of sulfone groups is 1. The van der Waals surface area contributed by atoms with Crippen LogP contribution < -0.4 is 10.5 Å². The van der Waals surface area contributed by atoms with Crippen LogP contribution >= 0.6 is 11.3 Å². The number of pyridine rings is 1. The lowest BCUT2D eigenvalue weighted by atomic mass is 10.0. The number of halogens is 1. The summed E-state index contributed by atoms with van der Waals surface area (Å²) in [5.41, 5.74) is 2.78. The molecule has 0 aliphatic rings. The Morgan fingerprint density at radius 2 is 1.91 bits per heavy atom. The topological polar surface area (TPSA) is 149 Å². The maximum absolute atomic E-state index is 13.2. The van der Waals surface area contributed by atoms with Gasteiger partial charge in [0.05, 0.1) is 21.7 Å². The highest BCUT2D eigenvalue weighted by atomic mass is 32.2. The molecule has 0 aliphatic carbocycles. The van der Waals surface area contributed by atoms with E-state index in [0.717, 1.165) is 22.5 Å². The second kappa shape index (κ2) is 10.0. The van der Waals surface area contributed by atoms with Crippen LogP contribution in [0.15, 0.2) is 30.5 Å². The van der Waals surface area contributed by atoms with Gasteiger partial charge in [-0.25, -0.2) is 31.9 Å². The van der Waals surface area contributed by atoms with E-state index >= 15 is 0 Å². The van der Waals surface area contributed by atoms with Gasteiger partial charge in [-0.1, -0.05) is 13.8 Å². The van der Waals surface area contributed by atoms with Gasteiger partial charge in [-0.2, -0.15) is 4.39 Å². The Bertz CT molecular complexity index is 1420. The number of nitrogens with zero attached hydrogens (tertiary/aromatic N) is 2. The number of rotatable bonds is 9. The predicted molar refractivity (Wildman–Crippen MR) is 130 cm³/mol. The number of carbonyl (C=O) groups excluding carboxylic acids is 1. The number of thiazole rings is 1. The molecule has 13 heteroatoms. The number of nitrogens with one attached hydrogen (secondary N) is 1. The highest BCUT2D eigenvalue weighted by Gasteiger charge is 2.37. The lowest BCUT2D eigenvalue weighted by molar-refractivity contribution is -0.120. The number of carbonyl (C=O) groups is 1. The van der Waals surface area contributed by atoms with Crippen molar-refractivity contribution in [1.29, 1.82) is 0 Å². The molecular formula is C21H25FN4O5S3. The van der Waals surface area contributed by atoms with Crippen molar-refractivity contribution in [2.24, 2.45) is 11.1 Å². The molecule has 34 heavy (non-hydrogen) atoms. The summed E-state index contributed by atoms with van der Waals surface area (Å²) < 4.78 is 62.5. The first-order valence-corrected chi connectivity index (χ1v) is 14.5. The predicted octanol–water partition coefficient (Wildman–Crippen LogP) is 2.32. The Kier molecular flexibility index (Phi) is 7.70. The second-order valence-corrected chi connectivity index (χ2v) is 13.2. The van der Waals surface area contributed by atoms with Crippen LogP contribution in [0.4, 0.5) is 4.39 Å². The first-order chi connectivity index (χ1) is 15.8. The van der Waals surface area contributed by atoms with Crippen LogP contribution in [0.3, 0.4) is 0 Å². The van der Waals surface area contributed by atoms with Crippen molar-refractivity contribution in [3.05, 3.63) is 47.0 Å². The Morgan fingerprint density at radius 1 is 1.21 bits per heavy atom. The number of aromatic nitrogens is 2. The highest BCUT2D eigenvalue weighted by Crippen LogP contribution is 2.36. The summed E-state index contributed by atoms with van der Waals surface area (Å²) in [6.07, 6.45) is 1.40. The fourth-order valence-corrected chi connectivity index (χ4v) is 7.28. The molecule has 2 aromatic heterocycles. The summed E-state index contributed by atoms with van der Waals surface area (Å²) in [4.78, 5) is 21.0. The number of benzene rings is 1. The van der Waals surface area contributed by atoms with Gasteiger partial charge >= 0.3 is 0 Å². The van der Waals surface area contributed by atoms with Crippen molar-refractivity contribution in [3.8, 4) is 11.1 Å². The number of aryl methyl sites for hydroxylation is 1. The lowest BCUT2D eigenvalue weighted by Crippen LogP contribution is -2.38. The Balaban J connectivity index is 2.04. The summed E-state index contributed by atoms with van der Waals surface area (Å²) >= 11 is 1.06. The van der Waals surface area contributed by atoms with Gasteiger partial charge in [-0.3, -0.25) is 4.79 Å². The number of sulfonamides is 1. The number of hydrogen-bond acceptors (Lipinski definition) is 8. The summed E-state index contributed by atoms with van der Waals surface area (Å²) in [6.45, 7) is 4.96. The van der Waals surface area contributed by atoms with E-state index in [1.807, 2.05) is 6.92 Å². The maximum atomic E-state index is 13.2. The van der Waals surface area contributed by atoms with Gasteiger partial charge < -0.3 is 5.32 Å². The Labute approximate surface area is 201 Å². The largest absolute Gasteiger partial charge is 0.354 e. The minimum absolute atomic E-state index is 0.0811. The molecule has 9 nitrogen and oxygen atoms in total. The molecule has 0 bridgehead atoms. The number of hydrogen-bond donors (Lipinski definition) is 2. The molecule has 3 aromatic rings. The SMILES string of the molecule is Cc1cc2nc(C(C(=O)NCCS(N)(=O)=O)S(=O)(=O)CC(C)C)sc2cc1-c1ccc(F)nc1. The summed E-state index contributed by atoms with van der Waals surface area (Å²) in [6, 6.07) is 6.40. The number of nitrogens with two attached hydrogens (primary N) is 1. The first kappa shape index (κ1) is 26.1. The van der Waals surface area contributed by atoms with E-state index < -0.39 is 42.7 Å². The normalized spacial score (nSPS) is 13.4. The third kappa shape index (κ3) is 6.34. The lowest BCUT2D eigenvalue weighted by Gasteiger charge is -2.16. The maximum Gasteiger partial charge on any atom is 0.245 e. The minimum Gasteiger partial charge on any atom is -0.354 e. The van der Waals surface area contributed by atoms with Crippen LogP contribution in [0.5, 0.6) is 0 Å². The van der Waals surface area contributed by atoms with Gasteiger partial charge in [-0.05, 0) is 48.2 Å². The van der Waals surface area contributed by atoms with Crippen LogP contribution in [-0.2, 0) is 24.7 Å². The van der Waals surface area contributed by atoms with Crippen molar-refractivity contribution in [2.45, 2.75) is 26.0 Å². The molecule has 0 aliphatic heterocycles. The average molecular weight is 529 g/mol. The minimum atomic E-state index is -3.96. The zero-order chi connectivity index (χ0) is 25.3. The summed E-state index contributed by atoms with van der Waals surface area (Å²) in [7, 11) is -7.79. The molecule has 3 rings (SSSR count). The smallest absolute Gasteiger partial charge is 0.245 e. The molecule has 0 saturated carbocycles. The van der Waals surface area contributed by atoms with Crippen LogP contribution in [-0.4, -0.2) is 50.8 Å². The molecule has 0 saturated heterocycles. The van der Waals surface area contributed by atoms with E-state index in [1.54, 1.807) is 32.0 Å². The van der Waals surface area contributed by atoms with Crippen LogP contribution in [0.1, 0.15) is 29.7 Å². The van der Waals surface area contributed by atoms with E-state index in [2.05, 4.69) is 15.3 Å².